The third kappa shape index (κ3) is 2.97. The van der Waals surface area contributed by atoms with E-state index in [0.29, 0.717) is 0 Å². The minimum atomic E-state index is -0.372. The lowest BCUT2D eigenvalue weighted by molar-refractivity contribution is 0.385. The molecule has 1 aromatic carbocycles. The Morgan fingerprint density at radius 1 is 1.29 bits per heavy atom. The molecule has 0 amide bonds. The molecule has 0 saturated heterocycles. The van der Waals surface area contributed by atoms with Gasteiger partial charge < -0.3 is 10.5 Å². The molecule has 2 N–H and O–H groups in total. The molecular weight excluding hydrogens is 261 g/mol. The summed E-state index contributed by atoms with van der Waals surface area (Å²) in [5.41, 5.74) is 7.93. The second-order valence-corrected chi connectivity index (χ2v) is 4.21. The zero-order chi connectivity index (χ0) is 11.5. The highest BCUT2D eigenvalue weighted by molar-refractivity contribution is 7.08. The zero-order valence-electron chi connectivity index (χ0n) is 9.22. The first-order valence-corrected chi connectivity index (χ1v) is 5.77. The molecule has 0 bridgehead atoms. The number of methoxy groups -OCH3 is 1. The second kappa shape index (κ2) is 6.00. The fraction of sp³-hybridized carbons (Fsp3) is 0.167. The van der Waals surface area contributed by atoms with Crippen LogP contribution in [0, 0.1) is 5.82 Å². The molecule has 2 nitrogen and oxygen atoms in total. The van der Waals surface area contributed by atoms with Gasteiger partial charge in [0.1, 0.15) is 0 Å². The first-order chi connectivity index (χ1) is 7.72. The van der Waals surface area contributed by atoms with Crippen LogP contribution in [0.4, 0.5) is 4.39 Å². The largest absolute Gasteiger partial charge is 0.494 e. The number of hydrogen-bond acceptors (Lipinski definition) is 3. The van der Waals surface area contributed by atoms with E-state index in [4.69, 9.17) is 10.5 Å². The van der Waals surface area contributed by atoms with E-state index >= 15 is 0 Å². The van der Waals surface area contributed by atoms with Crippen LogP contribution in [0.2, 0.25) is 0 Å². The topological polar surface area (TPSA) is 35.2 Å². The number of ether oxygens (including phenoxy) is 1. The molecule has 0 radical (unpaired) electrons. The minimum absolute atomic E-state index is 0. The van der Waals surface area contributed by atoms with E-state index in [0.717, 1.165) is 11.1 Å². The Labute approximate surface area is 110 Å². The van der Waals surface area contributed by atoms with Gasteiger partial charge >= 0.3 is 0 Å². The van der Waals surface area contributed by atoms with E-state index in [1.807, 2.05) is 16.8 Å². The second-order valence-electron chi connectivity index (χ2n) is 3.43. The smallest absolute Gasteiger partial charge is 0.165 e. The van der Waals surface area contributed by atoms with Gasteiger partial charge in [0.2, 0.25) is 0 Å². The van der Waals surface area contributed by atoms with Crippen molar-refractivity contribution in [1.82, 2.24) is 0 Å². The molecule has 0 aliphatic rings. The first kappa shape index (κ1) is 14.0. The average Bonchev–Trinajstić information content (AvgIpc) is 2.82. The Morgan fingerprint density at radius 2 is 2.06 bits per heavy atom. The van der Waals surface area contributed by atoms with Crippen LogP contribution in [0.1, 0.15) is 17.2 Å². The van der Waals surface area contributed by atoms with Gasteiger partial charge in [0, 0.05) is 0 Å². The molecule has 2 rings (SSSR count). The average molecular weight is 274 g/mol. The van der Waals surface area contributed by atoms with Crippen LogP contribution in [0.3, 0.4) is 0 Å². The summed E-state index contributed by atoms with van der Waals surface area (Å²) in [6.07, 6.45) is 0. The van der Waals surface area contributed by atoms with E-state index in [1.165, 1.54) is 13.2 Å². The van der Waals surface area contributed by atoms with Crippen molar-refractivity contribution in [3.8, 4) is 5.75 Å². The summed E-state index contributed by atoms with van der Waals surface area (Å²) in [6, 6.07) is 6.42. The number of rotatable bonds is 3. The molecule has 0 unspecified atom stereocenters. The number of thiophene rings is 1. The van der Waals surface area contributed by atoms with E-state index in [-0.39, 0.29) is 30.0 Å². The lowest BCUT2D eigenvalue weighted by Crippen LogP contribution is -2.11. The van der Waals surface area contributed by atoms with Crippen molar-refractivity contribution < 1.29 is 9.13 Å². The number of halogens is 2. The zero-order valence-corrected chi connectivity index (χ0v) is 10.9. The maximum absolute atomic E-state index is 13.2. The third-order valence-corrected chi connectivity index (χ3v) is 3.14. The van der Waals surface area contributed by atoms with Crippen molar-refractivity contribution in [1.29, 1.82) is 0 Å². The molecular formula is C12H13ClFNOS. The Balaban J connectivity index is 0.00000144. The van der Waals surface area contributed by atoms with Gasteiger partial charge in [0.15, 0.2) is 11.6 Å². The molecule has 0 aliphatic carbocycles. The van der Waals surface area contributed by atoms with E-state index < -0.39 is 0 Å². The van der Waals surface area contributed by atoms with Crippen LogP contribution < -0.4 is 10.5 Å². The molecule has 0 aliphatic heterocycles. The highest BCUT2D eigenvalue weighted by Gasteiger charge is 2.12. The van der Waals surface area contributed by atoms with Crippen LogP contribution in [-0.2, 0) is 0 Å². The van der Waals surface area contributed by atoms with Crippen LogP contribution in [0.5, 0.6) is 5.75 Å². The highest BCUT2D eigenvalue weighted by atomic mass is 35.5. The SMILES string of the molecule is COc1cc([C@H](N)c2ccsc2)ccc1F.Cl. The number of hydrogen-bond donors (Lipinski definition) is 1. The molecule has 92 valence electrons. The van der Waals surface area contributed by atoms with Crippen molar-refractivity contribution in [3.63, 3.8) is 0 Å². The summed E-state index contributed by atoms with van der Waals surface area (Å²) in [5, 5.41) is 3.95. The van der Waals surface area contributed by atoms with E-state index in [1.54, 1.807) is 23.5 Å². The van der Waals surface area contributed by atoms with Crippen LogP contribution in [0.15, 0.2) is 35.0 Å². The van der Waals surface area contributed by atoms with E-state index in [2.05, 4.69) is 0 Å². The monoisotopic (exact) mass is 273 g/mol. The Morgan fingerprint density at radius 3 is 2.65 bits per heavy atom. The molecule has 17 heavy (non-hydrogen) atoms. The summed E-state index contributed by atoms with van der Waals surface area (Å²) in [5.74, 6) is -0.146. The quantitative estimate of drug-likeness (QED) is 0.931. The summed E-state index contributed by atoms with van der Waals surface area (Å²) in [7, 11) is 1.44. The summed E-state index contributed by atoms with van der Waals surface area (Å²) < 4.78 is 18.1. The molecule has 1 heterocycles. The number of nitrogens with two attached hydrogens (primary N) is 1. The molecule has 5 heteroatoms. The van der Waals surface area contributed by atoms with Crippen LogP contribution in [0.25, 0.3) is 0 Å². The van der Waals surface area contributed by atoms with Crippen molar-refractivity contribution in [2.75, 3.05) is 7.11 Å². The number of benzene rings is 1. The molecule has 0 saturated carbocycles. The van der Waals surface area contributed by atoms with E-state index in [9.17, 15) is 4.39 Å². The van der Waals surface area contributed by atoms with Crippen molar-refractivity contribution in [3.05, 3.63) is 52.0 Å². The summed E-state index contributed by atoms with van der Waals surface area (Å²) >= 11 is 1.59. The highest BCUT2D eigenvalue weighted by Crippen LogP contribution is 2.26. The van der Waals surface area contributed by atoms with Gasteiger partial charge in [-0.25, -0.2) is 4.39 Å². The maximum atomic E-state index is 13.2. The molecule has 0 fully saturated rings. The Bertz CT molecular complexity index is 475. The van der Waals surface area contributed by atoms with Gasteiger partial charge in [-0.2, -0.15) is 11.3 Å². The van der Waals surface area contributed by atoms with Crippen molar-refractivity contribution in [2.24, 2.45) is 5.73 Å². The standard InChI is InChI=1S/C12H12FNOS.ClH/c1-15-11-6-8(2-3-10(11)13)12(14)9-4-5-16-7-9;/h2-7,12H,14H2,1H3;1H/t12-;/m0./s1. The van der Waals surface area contributed by atoms with Crippen LogP contribution >= 0.6 is 23.7 Å². The van der Waals surface area contributed by atoms with Crippen molar-refractivity contribution >= 4 is 23.7 Å². The normalized spacial score (nSPS) is 11.7. The third-order valence-electron chi connectivity index (χ3n) is 2.44. The van der Waals surface area contributed by atoms with Gasteiger partial charge in [-0.3, -0.25) is 0 Å². The Hall–Kier alpha value is -1.10. The molecule has 0 spiro atoms. The van der Waals surface area contributed by atoms with Gasteiger partial charge in [0.05, 0.1) is 13.2 Å². The molecule has 1 atom stereocenters. The van der Waals surface area contributed by atoms with Gasteiger partial charge in [0.25, 0.3) is 0 Å². The maximum Gasteiger partial charge on any atom is 0.165 e. The molecule has 1 aromatic heterocycles. The van der Waals surface area contributed by atoms with Crippen LogP contribution in [-0.4, -0.2) is 7.11 Å². The first-order valence-electron chi connectivity index (χ1n) is 4.83. The van der Waals surface area contributed by atoms with Gasteiger partial charge in [-0.1, -0.05) is 6.07 Å². The van der Waals surface area contributed by atoms with Gasteiger partial charge in [-0.15, -0.1) is 12.4 Å². The minimum Gasteiger partial charge on any atom is -0.494 e. The van der Waals surface area contributed by atoms with Crippen molar-refractivity contribution in [2.45, 2.75) is 6.04 Å². The fourth-order valence-corrected chi connectivity index (χ4v) is 2.21. The predicted molar refractivity (Wildman–Crippen MR) is 70.5 cm³/mol. The fourth-order valence-electron chi connectivity index (χ4n) is 1.51. The summed E-state index contributed by atoms with van der Waals surface area (Å²) in [4.78, 5) is 0. The van der Waals surface area contributed by atoms with Gasteiger partial charge in [-0.05, 0) is 40.1 Å². The Kier molecular flexibility index (Phi) is 4.93. The lowest BCUT2D eigenvalue weighted by Gasteiger charge is -2.12. The predicted octanol–water partition coefficient (Wildman–Crippen LogP) is 3.37. The summed E-state index contributed by atoms with van der Waals surface area (Å²) in [6.45, 7) is 0. The molecule has 2 aromatic rings. The lowest BCUT2D eigenvalue weighted by atomic mass is 10.0.